The van der Waals surface area contributed by atoms with E-state index in [2.05, 4.69) is 39.0 Å². The number of thioether (sulfide) groups is 1. The number of rotatable bonds is 8. The summed E-state index contributed by atoms with van der Waals surface area (Å²) in [6.45, 7) is 7.32. The zero-order valence-electron chi connectivity index (χ0n) is 15.2. The lowest BCUT2D eigenvalue weighted by atomic mass is 9.82. The number of carbonyl (C=O) groups excluding carboxylic acids is 1. The fourth-order valence-electron chi connectivity index (χ4n) is 3.21. The highest BCUT2D eigenvalue weighted by molar-refractivity contribution is 8.00. The van der Waals surface area contributed by atoms with Gasteiger partial charge in [-0.2, -0.15) is 11.8 Å². The minimum Gasteiger partial charge on any atom is -0.465 e. The van der Waals surface area contributed by atoms with Crippen LogP contribution >= 0.6 is 11.8 Å². The number of carbonyl (C=O) groups is 1. The fourth-order valence-corrected chi connectivity index (χ4v) is 4.79. The topological polar surface area (TPSA) is 26.3 Å². The summed E-state index contributed by atoms with van der Waals surface area (Å²) in [5.41, 5.74) is 2.71. The van der Waals surface area contributed by atoms with Gasteiger partial charge in [0.1, 0.15) is 0 Å². The molecule has 0 aliphatic heterocycles. The minimum absolute atomic E-state index is 0.0731. The molecule has 1 aromatic rings. The van der Waals surface area contributed by atoms with E-state index >= 15 is 0 Å². The highest BCUT2D eigenvalue weighted by atomic mass is 32.2. The molecule has 2 unspecified atom stereocenters. The smallest absolute Gasteiger partial charge is 0.306 e. The molecule has 0 heterocycles. The maximum atomic E-state index is 11.9. The Balaban J connectivity index is 1.67. The molecule has 0 spiro atoms. The van der Waals surface area contributed by atoms with E-state index in [4.69, 9.17) is 4.74 Å². The van der Waals surface area contributed by atoms with Crippen molar-refractivity contribution < 1.29 is 9.53 Å². The molecule has 3 heteroatoms. The molecular weight excluding hydrogens is 316 g/mol. The standard InChI is InChI=1S/C21H30O2S/c1-16(2)19-10-9-17(3)15-20(19)24-14-12-21(22)23-13-11-18-7-5-4-6-8-18/h4-8,15-16,19-20H,9-14H2,1-3H3. The Labute approximate surface area is 151 Å². The quantitative estimate of drug-likeness (QED) is 0.473. The van der Waals surface area contributed by atoms with Crippen molar-refractivity contribution in [1.29, 1.82) is 0 Å². The predicted molar refractivity (Wildman–Crippen MR) is 103 cm³/mol. The minimum atomic E-state index is -0.0731. The highest BCUT2D eigenvalue weighted by Gasteiger charge is 2.26. The van der Waals surface area contributed by atoms with Crippen molar-refractivity contribution in [3.63, 3.8) is 0 Å². The van der Waals surface area contributed by atoms with Crippen LogP contribution in [0, 0.1) is 11.8 Å². The molecule has 0 aromatic heterocycles. The Hall–Kier alpha value is -1.22. The van der Waals surface area contributed by atoms with E-state index in [1.807, 2.05) is 30.0 Å². The monoisotopic (exact) mass is 346 g/mol. The van der Waals surface area contributed by atoms with E-state index in [0.29, 0.717) is 24.2 Å². The van der Waals surface area contributed by atoms with Crippen molar-refractivity contribution in [3.05, 3.63) is 47.5 Å². The lowest BCUT2D eigenvalue weighted by Gasteiger charge is -2.32. The van der Waals surface area contributed by atoms with Gasteiger partial charge in [0.05, 0.1) is 13.0 Å². The fraction of sp³-hybridized carbons (Fsp3) is 0.571. The van der Waals surface area contributed by atoms with Crippen LogP contribution in [-0.4, -0.2) is 23.6 Å². The van der Waals surface area contributed by atoms with Crippen molar-refractivity contribution >= 4 is 17.7 Å². The van der Waals surface area contributed by atoms with Gasteiger partial charge in [0.25, 0.3) is 0 Å². The van der Waals surface area contributed by atoms with Crippen LogP contribution in [0.1, 0.15) is 45.6 Å². The molecule has 24 heavy (non-hydrogen) atoms. The van der Waals surface area contributed by atoms with Gasteiger partial charge in [-0.15, -0.1) is 0 Å². The molecule has 1 aromatic carbocycles. The van der Waals surface area contributed by atoms with Crippen molar-refractivity contribution in [2.45, 2.75) is 51.7 Å². The first-order chi connectivity index (χ1) is 11.6. The Bertz CT molecular complexity index is 536. The lowest BCUT2D eigenvalue weighted by Crippen LogP contribution is -2.25. The SMILES string of the molecule is CC1=CC(SCCC(=O)OCCc2ccccc2)C(C(C)C)CC1. The van der Waals surface area contributed by atoms with Crippen LogP contribution in [0.25, 0.3) is 0 Å². The van der Waals surface area contributed by atoms with Crippen LogP contribution in [0.15, 0.2) is 42.0 Å². The molecule has 2 nitrogen and oxygen atoms in total. The summed E-state index contributed by atoms with van der Waals surface area (Å²) < 4.78 is 5.36. The van der Waals surface area contributed by atoms with Crippen molar-refractivity contribution in [2.24, 2.45) is 11.8 Å². The second-order valence-corrected chi connectivity index (χ2v) is 8.29. The second-order valence-electron chi connectivity index (χ2n) is 7.00. The van der Waals surface area contributed by atoms with Crippen LogP contribution in [-0.2, 0) is 16.0 Å². The molecule has 1 aliphatic rings. The van der Waals surface area contributed by atoms with Crippen LogP contribution in [0.4, 0.5) is 0 Å². The Morgan fingerprint density at radius 2 is 2.04 bits per heavy atom. The summed E-state index contributed by atoms with van der Waals surface area (Å²) in [5, 5.41) is 0.552. The number of benzene rings is 1. The average Bonchev–Trinajstić information content (AvgIpc) is 2.55. The van der Waals surface area contributed by atoms with E-state index < -0.39 is 0 Å². The van der Waals surface area contributed by atoms with Gasteiger partial charge in [-0.3, -0.25) is 4.79 Å². The Morgan fingerprint density at radius 1 is 1.29 bits per heavy atom. The van der Waals surface area contributed by atoms with Crippen molar-refractivity contribution in [1.82, 2.24) is 0 Å². The zero-order valence-corrected chi connectivity index (χ0v) is 16.0. The first kappa shape index (κ1) is 19.1. The molecule has 0 bridgehead atoms. The first-order valence-electron chi connectivity index (χ1n) is 9.04. The summed E-state index contributed by atoms with van der Waals surface area (Å²) in [6.07, 6.45) is 6.22. The van der Waals surface area contributed by atoms with Gasteiger partial charge in [-0.25, -0.2) is 0 Å². The van der Waals surface area contributed by atoms with Gasteiger partial charge in [-0.05, 0) is 37.2 Å². The molecule has 0 N–H and O–H groups in total. The van der Waals surface area contributed by atoms with E-state index in [1.54, 1.807) is 0 Å². The summed E-state index contributed by atoms with van der Waals surface area (Å²) in [5.74, 6) is 2.20. The van der Waals surface area contributed by atoms with Gasteiger partial charge >= 0.3 is 5.97 Å². The van der Waals surface area contributed by atoms with Crippen LogP contribution in [0.3, 0.4) is 0 Å². The summed E-state index contributed by atoms with van der Waals surface area (Å²) in [6, 6.07) is 10.1. The van der Waals surface area contributed by atoms with E-state index in [0.717, 1.165) is 18.1 Å². The molecule has 2 atom stereocenters. The van der Waals surface area contributed by atoms with Crippen LogP contribution in [0.2, 0.25) is 0 Å². The predicted octanol–water partition coefficient (Wildman–Crippen LogP) is 5.28. The third-order valence-electron chi connectivity index (χ3n) is 4.71. The maximum Gasteiger partial charge on any atom is 0.306 e. The second kappa shape index (κ2) is 9.93. The van der Waals surface area contributed by atoms with E-state index in [9.17, 15) is 4.79 Å². The number of esters is 1. The first-order valence-corrected chi connectivity index (χ1v) is 10.1. The highest BCUT2D eigenvalue weighted by Crippen LogP contribution is 2.36. The Kier molecular flexibility index (Phi) is 7.90. The number of hydrogen-bond acceptors (Lipinski definition) is 3. The van der Waals surface area contributed by atoms with Gasteiger partial charge in [0.2, 0.25) is 0 Å². The molecule has 2 rings (SSSR count). The lowest BCUT2D eigenvalue weighted by molar-refractivity contribution is -0.143. The molecule has 1 aliphatic carbocycles. The molecule has 0 fully saturated rings. The third kappa shape index (κ3) is 6.35. The van der Waals surface area contributed by atoms with E-state index in [1.165, 1.54) is 24.0 Å². The molecule has 0 radical (unpaired) electrons. The largest absolute Gasteiger partial charge is 0.465 e. The third-order valence-corrected chi connectivity index (χ3v) is 6.02. The average molecular weight is 347 g/mol. The molecule has 132 valence electrons. The number of allylic oxidation sites excluding steroid dienone is 1. The van der Waals surface area contributed by atoms with Crippen LogP contribution in [0.5, 0.6) is 0 Å². The Morgan fingerprint density at radius 3 is 2.75 bits per heavy atom. The van der Waals surface area contributed by atoms with Gasteiger partial charge in [0, 0.05) is 17.4 Å². The number of ether oxygens (including phenoxy) is 1. The van der Waals surface area contributed by atoms with Crippen molar-refractivity contribution in [3.8, 4) is 0 Å². The van der Waals surface area contributed by atoms with Gasteiger partial charge in [0.15, 0.2) is 0 Å². The zero-order chi connectivity index (χ0) is 17.4. The molecule has 0 saturated heterocycles. The maximum absolute atomic E-state index is 11.9. The summed E-state index contributed by atoms with van der Waals surface area (Å²) in [7, 11) is 0. The molecule has 0 saturated carbocycles. The molecule has 0 amide bonds. The van der Waals surface area contributed by atoms with E-state index in [-0.39, 0.29) is 5.97 Å². The summed E-state index contributed by atoms with van der Waals surface area (Å²) in [4.78, 5) is 11.9. The summed E-state index contributed by atoms with van der Waals surface area (Å²) >= 11 is 1.92. The normalized spacial score (nSPS) is 20.8. The molecular formula is C21H30O2S. The number of hydrogen-bond donors (Lipinski definition) is 0. The van der Waals surface area contributed by atoms with Gasteiger partial charge in [-0.1, -0.05) is 55.8 Å². The van der Waals surface area contributed by atoms with Crippen LogP contribution < -0.4 is 0 Å². The van der Waals surface area contributed by atoms with Crippen molar-refractivity contribution in [2.75, 3.05) is 12.4 Å². The van der Waals surface area contributed by atoms with Gasteiger partial charge < -0.3 is 4.74 Å².